The van der Waals surface area contributed by atoms with Crippen molar-refractivity contribution in [1.29, 1.82) is 0 Å². The van der Waals surface area contributed by atoms with Gasteiger partial charge < -0.3 is 29.7 Å². The van der Waals surface area contributed by atoms with Gasteiger partial charge in [-0.25, -0.2) is 0 Å². The number of hydrogen-bond donors (Lipinski definition) is 3. The fraction of sp³-hybridized carbons (Fsp3) is 0.186. The van der Waals surface area contributed by atoms with Gasteiger partial charge in [-0.3, -0.25) is 14.6 Å². The van der Waals surface area contributed by atoms with Crippen LogP contribution in [0, 0.1) is 0 Å². The van der Waals surface area contributed by atoms with Crippen molar-refractivity contribution in [1.82, 2.24) is 0 Å². The summed E-state index contributed by atoms with van der Waals surface area (Å²) in [6.07, 6.45) is 1.97. The van der Waals surface area contributed by atoms with Gasteiger partial charge in [0.25, 0.3) is 0 Å². The van der Waals surface area contributed by atoms with Crippen molar-refractivity contribution in [3.05, 3.63) is 121 Å². The predicted octanol–water partition coefficient (Wildman–Crippen LogP) is 8.11. The van der Waals surface area contributed by atoms with Crippen molar-refractivity contribution in [3.8, 4) is 28.7 Å². The van der Waals surface area contributed by atoms with Crippen LogP contribution in [0.4, 0.5) is 5.69 Å². The predicted molar refractivity (Wildman–Crippen MR) is 208 cm³/mol. The fourth-order valence-electron chi connectivity index (χ4n) is 8.13. The average Bonchev–Trinajstić information content (AvgIpc) is 3.28. The fourth-order valence-corrected chi connectivity index (χ4v) is 8.13. The number of phenols is 2. The molecule has 0 spiro atoms. The Bertz CT molecular complexity index is 2740. The zero-order valence-corrected chi connectivity index (χ0v) is 29.4. The van der Waals surface area contributed by atoms with Crippen molar-refractivity contribution >= 4 is 60.6 Å². The lowest BCUT2D eigenvalue weighted by molar-refractivity contribution is 0.406. The van der Waals surface area contributed by atoms with E-state index in [9.17, 15) is 19.8 Å². The second-order valence-electron chi connectivity index (χ2n) is 13.2. The summed E-state index contributed by atoms with van der Waals surface area (Å²) in [6.45, 7) is 4.63. The topological polar surface area (TPSA) is 127 Å². The van der Waals surface area contributed by atoms with Crippen LogP contribution in [-0.4, -0.2) is 37.3 Å². The van der Waals surface area contributed by atoms with E-state index in [1.807, 2.05) is 80.6 Å². The maximum absolute atomic E-state index is 14.8. The molecule has 260 valence electrons. The van der Waals surface area contributed by atoms with Gasteiger partial charge in [-0.1, -0.05) is 72.3 Å². The molecule has 0 heterocycles. The van der Waals surface area contributed by atoms with E-state index in [0.29, 0.717) is 56.5 Å². The molecule has 0 radical (unpaired) electrons. The van der Waals surface area contributed by atoms with E-state index in [0.717, 1.165) is 22.4 Å². The Morgan fingerprint density at radius 1 is 0.712 bits per heavy atom. The smallest absolute Gasteiger partial charge is 0.232 e. The van der Waals surface area contributed by atoms with Gasteiger partial charge in [0.1, 0.15) is 23.0 Å². The van der Waals surface area contributed by atoms with Gasteiger partial charge in [-0.15, -0.1) is 0 Å². The first-order chi connectivity index (χ1) is 25.2. The molecule has 9 nitrogen and oxygen atoms in total. The second kappa shape index (κ2) is 12.5. The third kappa shape index (κ3) is 4.72. The van der Waals surface area contributed by atoms with Crippen molar-refractivity contribution in [2.75, 3.05) is 26.6 Å². The van der Waals surface area contributed by atoms with Crippen molar-refractivity contribution in [2.45, 2.75) is 32.9 Å². The molecule has 1 aliphatic carbocycles. The van der Waals surface area contributed by atoms with Gasteiger partial charge in [0.15, 0.2) is 5.75 Å². The molecule has 8 rings (SSSR count). The number of hydrogen-bond acceptors (Lipinski definition) is 9. The zero-order valence-electron chi connectivity index (χ0n) is 29.4. The van der Waals surface area contributed by atoms with E-state index >= 15 is 0 Å². The van der Waals surface area contributed by atoms with Crippen LogP contribution in [0.1, 0.15) is 42.0 Å². The van der Waals surface area contributed by atoms with Crippen LogP contribution < -0.4 is 30.4 Å². The highest BCUT2D eigenvalue weighted by Gasteiger charge is 2.36. The van der Waals surface area contributed by atoms with Gasteiger partial charge >= 0.3 is 0 Å². The number of aliphatic imine (C=N–C) groups is 1. The molecular weight excluding hydrogens is 656 g/mol. The molecule has 3 N–H and O–H groups in total. The van der Waals surface area contributed by atoms with E-state index in [-0.39, 0.29) is 45.2 Å². The summed E-state index contributed by atoms with van der Waals surface area (Å²) in [4.78, 5) is 34.4. The van der Waals surface area contributed by atoms with Crippen molar-refractivity contribution < 1.29 is 24.4 Å². The normalized spacial score (nSPS) is 14.4. The highest BCUT2D eigenvalue weighted by atomic mass is 16.5. The minimum Gasteiger partial charge on any atom is -0.507 e. The first-order valence-corrected chi connectivity index (χ1v) is 17.0. The molecule has 0 saturated heterocycles. The highest BCUT2D eigenvalue weighted by Crippen LogP contribution is 2.56. The second-order valence-corrected chi connectivity index (χ2v) is 13.2. The minimum absolute atomic E-state index is 0.0495. The molecule has 0 aliphatic heterocycles. The number of methoxy groups -OCH3 is 3. The summed E-state index contributed by atoms with van der Waals surface area (Å²) < 4.78 is 17.8. The van der Waals surface area contributed by atoms with Crippen LogP contribution in [0.2, 0.25) is 0 Å². The Morgan fingerprint density at radius 3 is 1.85 bits per heavy atom. The monoisotopic (exact) mass is 692 g/mol. The van der Waals surface area contributed by atoms with Gasteiger partial charge in [0.05, 0.1) is 44.3 Å². The van der Waals surface area contributed by atoms with Gasteiger partial charge in [0, 0.05) is 68.4 Å². The van der Waals surface area contributed by atoms with Gasteiger partial charge in [0.2, 0.25) is 10.9 Å². The van der Waals surface area contributed by atoms with E-state index < -0.39 is 16.8 Å². The van der Waals surface area contributed by atoms with Crippen LogP contribution in [0.15, 0.2) is 93.0 Å². The molecule has 7 aromatic carbocycles. The number of rotatable bonds is 9. The first kappa shape index (κ1) is 32.8. The molecule has 0 amide bonds. The number of benzene rings is 7. The molecule has 0 bridgehead atoms. The minimum atomic E-state index is -0.563. The van der Waals surface area contributed by atoms with Crippen molar-refractivity contribution in [2.24, 2.45) is 4.99 Å². The van der Waals surface area contributed by atoms with E-state index in [1.54, 1.807) is 0 Å². The molecular formula is C43H36N2O7. The largest absolute Gasteiger partial charge is 0.507 e. The summed E-state index contributed by atoms with van der Waals surface area (Å²) in [6, 6.07) is 22.4. The van der Waals surface area contributed by atoms with Crippen LogP contribution in [-0.2, 0) is 13.1 Å². The van der Waals surface area contributed by atoms with Gasteiger partial charge in [-0.05, 0) is 30.4 Å². The Balaban J connectivity index is 1.63. The third-order valence-electron chi connectivity index (χ3n) is 10.3. The zero-order chi connectivity index (χ0) is 36.4. The maximum atomic E-state index is 14.8. The average molecular weight is 693 g/mol. The Kier molecular flexibility index (Phi) is 7.86. The SMILES string of the molecule is COc1c2c3c4c(c(NCc5ccccc5)c(=O)c5c(O)cc(OC)c(c6c(OC)cc(O)c(c1=O)c63)c54)C=C(C)C2/C(C)=N/Cc1ccccc1. The van der Waals surface area contributed by atoms with Crippen LogP contribution in [0.3, 0.4) is 0 Å². The number of fused-ring (bicyclic) bond motifs is 1. The lowest BCUT2D eigenvalue weighted by Gasteiger charge is -2.25. The Morgan fingerprint density at radius 2 is 1.27 bits per heavy atom. The summed E-state index contributed by atoms with van der Waals surface area (Å²) >= 11 is 0. The Hall–Kier alpha value is -6.35. The molecule has 7 aromatic rings. The number of anilines is 1. The lowest BCUT2D eigenvalue weighted by Crippen LogP contribution is -2.18. The molecule has 0 aromatic heterocycles. The molecule has 1 atom stereocenters. The number of allylic oxidation sites excluding steroid dienone is 1. The number of ether oxygens (including phenoxy) is 3. The van der Waals surface area contributed by atoms with Gasteiger partial charge in [-0.2, -0.15) is 0 Å². The maximum Gasteiger partial charge on any atom is 0.232 e. The van der Waals surface area contributed by atoms with Crippen molar-refractivity contribution in [3.63, 3.8) is 0 Å². The number of aromatic hydroxyl groups is 2. The quantitative estimate of drug-likeness (QED) is 0.0787. The Labute approximate surface area is 298 Å². The summed E-state index contributed by atoms with van der Waals surface area (Å²) in [5.74, 6) is -0.481. The number of nitrogens with zero attached hydrogens (tertiary/aromatic N) is 1. The molecule has 1 unspecified atom stereocenters. The van der Waals surface area contributed by atoms with E-state index in [4.69, 9.17) is 19.2 Å². The lowest BCUT2D eigenvalue weighted by atomic mass is 9.80. The number of phenolic OH excluding ortho intramolecular Hbond substituents is 2. The highest BCUT2D eigenvalue weighted by molar-refractivity contribution is 6.39. The summed E-state index contributed by atoms with van der Waals surface area (Å²) in [5, 5.41) is 29.8. The summed E-state index contributed by atoms with van der Waals surface area (Å²) in [7, 11) is 4.40. The molecule has 0 saturated carbocycles. The molecule has 9 heteroatoms. The molecule has 0 fully saturated rings. The van der Waals surface area contributed by atoms with Crippen LogP contribution in [0.5, 0.6) is 28.7 Å². The van der Waals surface area contributed by atoms with E-state index in [2.05, 4.69) is 5.32 Å². The van der Waals surface area contributed by atoms with Crippen LogP contribution in [0.25, 0.3) is 49.2 Å². The number of nitrogens with one attached hydrogen (secondary N) is 1. The summed E-state index contributed by atoms with van der Waals surface area (Å²) in [5.41, 5.74) is 4.06. The molecule has 52 heavy (non-hydrogen) atoms. The molecule has 1 aliphatic rings. The van der Waals surface area contributed by atoms with Crippen LogP contribution >= 0.6 is 0 Å². The standard InChI is InChI=1S/C43H36N2O7/c1-21-16-25-31-36-32(41(48)40(25)45-20-24-14-10-7-11-15-24)26(46)17-28(50-3)34(36)35-29(51-4)18-27(47)33-38(35)37(31)39(43(52-5)42(33)49)30(21)22(2)44-19-23-12-8-6-9-13-23/h6-18,30,45-47H,19-20H2,1-5H3/b44-22+. The van der Waals surface area contributed by atoms with E-state index in [1.165, 1.54) is 33.5 Å². The third-order valence-corrected chi connectivity index (χ3v) is 10.3. The first-order valence-electron chi connectivity index (χ1n) is 17.0.